The Labute approximate surface area is 181 Å². The SMILES string of the molecule is CC(C)n1cccc1C1C(c2ccccn2)NC(=S)N1CC(=O)Nc1ccccc1. The lowest BCUT2D eigenvalue weighted by Gasteiger charge is -2.29. The molecule has 2 unspecified atom stereocenters. The fourth-order valence-corrected chi connectivity index (χ4v) is 4.21. The van der Waals surface area contributed by atoms with Crippen LogP contribution in [0.15, 0.2) is 73.1 Å². The van der Waals surface area contributed by atoms with Crippen LogP contribution in [0.25, 0.3) is 0 Å². The Balaban J connectivity index is 1.66. The van der Waals surface area contributed by atoms with Gasteiger partial charge >= 0.3 is 0 Å². The summed E-state index contributed by atoms with van der Waals surface area (Å²) < 4.78 is 2.22. The van der Waals surface area contributed by atoms with E-state index in [-0.39, 0.29) is 30.6 Å². The van der Waals surface area contributed by atoms with E-state index in [0.29, 0.717) is 5.11 Å². The maximum atomic E-state index is 12.8. The summed E-state index contributed by atoms with van der Waals surface area (Å²) in [5.74, 6) is -0.111. The van der Waals surface area contributed by atoms with Crippen molar-refractivity contribution < 1.29 is 4.79 Å². The minimum absolute atomic E-state index is 0.111. The zero-order valence-corrected chi connectivity index (χ0v) is 17.8. The second-order valence-electron chi connectivity index (χ2n) is 7.60. The molecule has 1 fully saturated rings. The predicted octanol–water partition coefficient (Wildman–Crippen LogP) is 4.08. The number of rotatable bonds is 6. The Bertz CT molecular complexity index is 1020. The van der Waals surface area contributed by atoms with Gasteiger partial charge in [0.25, 0.3) is 0 Å². The minimum atomic E-state index is -0.147. The van der Waals surface area contributed by atoms with Crippen molar-refractivity contribution in [3.05, 3.63) is 84.4 Å². The molecule has 2 aromatic heterocycles. The van der Waals surface area contributed by atoms with E-state index in [4.69, 9.17) is 12.2 Å². The van der Waals surface area contributed by atoms with Gasteiger partial charge in [0.1, 0.15) is 6.54 Å². The lowest BCUT2D eigenvalue weighted by Crippen LogP contribution is -2.37. The number of amides is 1. The van der Waals surface area contributed by atoms with Gasteiger partial charge in [0.15, 0.2) is 5.11 Å². The lowest BCUT2D eigenvalue weighted by molar-refractivity contribution is -0.116. The van der Waals surface area contributed by atoms with Crippen LogP contribution < -0.4 is 10.6 Å². The molecule has 1 aliphatic rings. The van der Waals surface area contributed by atoms with Crippen molar-refractivity contribution in [1.82, 2.24) is 19.8 Å². The first-order valence-electron chi connectivity index (χ1n) is 10.0. The molecule has 7 heteroatoms. The van der Waals surface area contributed by atoms with E-state index < -0.39 is 0 Å². The number of pyridine rings is 1. The predicted molar refractivity (Wildman–Crippen MR) is 122 cm³/mol. The fourth-order valence-electron chi connectivity index (χ4n) is 3.90. The maximum absolute atomic E-state index is 12.8. The number of para-hydroxylation sites is 1. The molecule has 3 aromatic rings. The van der Waals surface area contributed by atoms with Crippen molar-refractivity contribution in [3.63, 3.8) is 0 Å². The van der Waals surface area contributed by atoms with Crippen LogP contribution in [0.2, 0.25) is 0 Å². The van der Waals surface area contributed by atoms with Crippen LogP contribution in [0, 0.1) is 0 Å². The van der Waals surface area contributed by atoms with Gasteiger partial charge in [-0.25, -0.2) is 0 Å². The molecule has 1 amide bonds. The van der Waals surface area contributed by atoms with Crippen LogP contribution in [0.4, 0.5) is 5.69 Å². The minimum Gasteiger partial charge on any atom is -0.352 e. The van der Waals surface area contributed by atoms with Gasteiger partial charge in [0.2, 0.25) is 5.91 Å². The van der Waals surface area contributed by atoms with E-state index in [9.17, 15) is 4.79 Å². The van der Waals surface area contributed by atoms with Crippen LogP contribution in [0.1, 0.15) is 43.4 Å². The molecular weight excluding hydrogens is 394 g/mol. The summed E-state index contributed by atoms with van der Waals surface area (Å²) in [5.41, 5.74) is 2.76. The maximum Gasteiger partial charge on any atom is 0.244 e. The Hall–Kier alpha value is -3.19. The summed E-state index contributed by atoms with van der Waals surface area (Å²) >= 11 is 5.66. The summed E-state index contributed by atoms with van der Waals surface area (Å²) in [6, 6.07) is 19.4. The first-order chi connectivity index (χ1) is 14.5. The van der Waals surface area contributed by atoms with Crippen molar-refractivity contribution >= 4 is 28.9 Å². The Morgan fingerprint density at radius 1 is 1.13 bits per heavy atom. The molecule has 0 bridgehead atoms. The van der Waals surface area contributed by atoms with Gasteiger partial charge < -0.3 is 20.1 Å². The highest BCUT2D eigenvalue weighted by Gasteiger charge is 2.42. The molecule has 1 aliphatic heterocycles. The number of hydrogen-bond donors (Lipinski definition) is 2. The number of nitrogens with one attached hydrogen (secondary N) is 2. The lowest BCUT2D eigenvalue weighted by atomic mass is 10.0. The Morgan fingerprint density at radius 3 is 2.60 bits per heavy atom. The zero-order valence-electron chi connectivity index (χ0n) is 17.0. The number of carbonyl (C=O) groups is 1. The van der Waals surface area contributed by atoms with Gasteiger partial charge in [-0.05, 0) is 62.5 Å². The number of anilines is 1. The highest BCUT2D eigenvalue weighted by Crippen LogP contribution is 2.39. The molecule has 2 N–H and O–H groups in total. The van der Waals surface area contributed by atoms with Crippen LogP contribution >= 0.6 is 12.2 Å². The summed E-state index contributed by atoms with van der Waals surface area (Å²) in [5, 5.41) is 6.90. The molecule has 154 valence electrons. The van der Waals surface area contributed by atoms with Gasteiger partial charge in [-0.3, -0.25) is 9.78 Å². The van der Waals surface area contributed by atoms with Crippen molar-refractivity contribution in [1.29, 1.82) is 0 Å². The van der Waals surface area contributed by atoms with Crippen molar-refractivity contribution in [2.75, 3.05) is 11.9 Å². The Morgan fingerprint density at radius 2 is 1.90 bits per heavy atom. The Kier molecular flexibility index (Phi) is 5.81. The largest absolute Gasteiger partial charge is 0.352 e. The molecule has 3 heterocycles. The molecule has 0 aliphatic carbocycles. The average Bonchev–Trinajstić information content (AvgIpc) is 3.34. The molecule has 0 radical (unpaired) electrons. The van der Waals surface area contributed by atoms with E-state index in [1.165, 1.54) is 0 Å². The highest BCUT2D eigenvalue weighted by molar-refractivity contribution is 7.80. The molecule has 2 atom stereocenters. The number of thiocarbonyl (C=S) groups is 1. The van der Waals surface area contributed by atoms with Gasteiger partial charge in [0.05, 0.1) is 17.8 Å². The summed E-state index contributed by atoms with van der Waals surface area (Å²) in [6.07, 6.45) is 3.85. The van der Waals surface area contributed by atoms with Crippen molar-refractivity contribution in [2.45, 2.75) is 32.0 Å². The van der Waals surface area contributed by atoms with Crippen LogP contribution in [0.3, 0.4) is 0 Å². The summed E-state index contributed by atoms with van der Waals surface area (Å²) in [6.45, 7) is 4.44. The monoisotopic (exact) mass is 419 g/mol. The number of hydrogen-bond acceptors (Lipinski definition) is 3. The van der Waals surface area contributed by atoms with E-state index in [0.717, 1.165) is 17.1 Å². The summed E-state index contributed by atoms with van der Waals surface area (Å²) in [7, 11) is 0. The van der Waals surface area contributed by atoms with Gasteiger partial charge in [-0.1, -0.05) is 24.3 Å². The van der Waals surface area contributed by atoms with E-state index in [1.807, 2.05) is 59.5 Å². The molecule has 6 nitrogen and oxygen atoms in total. The first-order valence-corrected chi connectivity index (χ1v) is 10.4. The molecule has 1 aromatic carbocycles. The summed E-state index contributed by atoms with van der Waals surface area (Å²) in [4.78, 5) is 19.3. The number of aromatic nitrogens is 2. The van der Waals surface area contributed by atoms with E-state index in [1.54, 1.807) is 6.20 Å². The van der Waals surface area contributed by atoms with Gasteiger partial charge in [-0.15, -0.1) is 0 Å². The van der Waals surface area contributed by atoms with Crippen LogP contribution in [-0.2, 0) is 4.79 Å². The topological polar surface area (TPSA) is 62.2 Å². The number of nitrogens with zero attached hydrogens (tertiary/aromatic N) is 3. The quantitative estimate of drug-likeness (QED) is 0.590. The van der Waals surface area contributed by atoms with Crippen molar-refractivity contribution in [2.24, 2.45) is 0 Å². The van der Waals surface area contributed by atoms with Gasteiger partial charge in [-0.2, -0.15) is 0 Å². The average molecular weight is 420 g/mol. The second kappa shape index (κ2) is 8.67. The zero-order chi connectivity index (χ0) is 21.1. The molecule has 30 heavy (non-hydrogen) atoms. The third-order valence-corrected chi connectivity index (χ3v) is 5.59. The van der Waals surface area contributed by atoms with Crippen LogP contribution in [-0.4, -0.2) is 32.0 Å². The first kappa shape index (κ1) is 20.1. The molecule has 0 spiro atoms. The molecule has 1 saturated heterocycles. The molecule has 0 saturated carbocycles. The number of carbonyl (C=O) groups excluding carboxylic acids is 1. The highest BCUT2D eigenvalue weighted by atomic mass is 32.1. The normalized spacial score (nSPS) is 18.5. The second-order valence-corrected chi connectivity index (χ2v) is 7.99. The van der Waals surface area contributed by atoms with Gasteiger partial charge in [0, 0.05) is 29.8 Å². The van der Waals surface area contributed by atoms with Crippen LogP contribution in [0.5, 0.6) is 0 Å². The van der Waals surface area contributed by atoms with Crippen molar-refractivity contribution in [3.8, 4) is 0 Å². The smallest absolute Gasteiger partial charge is 0.244 e. The van der Waals surface area contributed by atoms with E-state index >= 15 is 0 Å². The fraction of sp³-hybridized carbons (Fsp3) is 0.261. The molecule has 4 rings (SSSR count). The third-order valence-electron chi connectivity index (χ3n) is 5.24. The molecular formula is C23H25N5OS. The number of benzene rings is 1. The standard InChI is InChI=1S/C23H25N5OS/c1-16(2)27-14-8-12-19(27)22-21(18-11-6-7-13-24-18)26-23(30)28(22)15-20(29)25-17-9-4-3-5-10-17/h3-14,16,21-22H,15H2,1-2H3,(H,25,29)(H,26,30). The third kappa shape index (κ3) is 4.07. The van der Waals surface area contributed by atoms with E-state index in [2.05, 4.69) is 46.3 Å².